The molecule has 1 fully saturated rings. The van der Waals surface area contributed by atoms with Crippen molar-refractivity contribution in [2.45, 2.75) is 45.2 Å². The first-order valence-electron chi connectivity index (χ1n) is 5.44. The van der Waals surface area contributed by atoms with Crippen molar-refractivity contribution in [3.63, 3.8) is 0 Å². The number of imidazole rings is 1. The maximum Gasteiger partial charge on any atom is 0.0948 e. The number of nitrogens with zero attached hydrogens (tertiary/aromatic N) is 2. The van der Waals surface area contributed by atoms with Crippen molar-refractivity contribution >= 4 is 0 Å². The van der Waals surface area contributed by atoms with Gasteiger partial charge in [0.25, 0.3) is 0 Å². The first-order chi connectivity index (χ1) is 6.68. The molecule has 78 valence electrons. The van der Waals surface area contributed by atoms with E-state index in [1.165, 1.54) is 18.5 Å². The van der Waals surface area contributed by atoms with Gasteiger partial charge in [0.2, 0.25) is 0 Å². The molecule has 1 saturated carbocycles. The minimum absolute atomic E-state index is 0.321. The Labute approximate surface area is 85.3 Å². The fourth-order valence-corrected chi connectivity index (χ4v) is 1.86. The highest BCUT2D eigenvalue weighted by molar-refractivity contribution is 5.04. The molecule has 3 heteroatoms. The van der Waals surface area contributed by atoms with Crippen LogP contribution in [0.2, 0.25) is 0 Å². The van der Waals surface area contributed by atoms with Crippen LogP contribution in [-0.4, -0.2) is 15.6 Å². The third-order valence-electron chi connectivity index (χ3n) is 2.97. The van der Waals surface area contributed by atoms with Crippen molar-refractivity contribution in [1.29, 1.82) is 0 Å². The van der Waals surface area contributed by atoms with Gasteiger partial charge in [0.1, 0.15) is 0 Å². The van der Waals surface area contributed by atoms with Crippen molar-refractivity contribution in [3.05, 3.63) is 18.2 Å². The fourth-order valence-electron chi connectivity index (χ4n) is 1.86. The lowest BCUT2D eigenvalue weighted by atomic mass is 10.1. The predicted molar refractivity (Wildman–Crippen MR) is 57.0 cm³/mol. The zero-order valence-electron chi connectivity index (χ0n) is 8.98. The summed E-state index contributed by atoms with van der Waals surface area (Å²) < 4.78 is 2.20. The van der Waals surface area contributed by atoms with E-state index in [0.717, 1.165) is 12.5 Å². The van der Waals surface area contributed by atoms with Crippen LogP contribution in [0.3, 0.4) is 0 Å². The molecule has 2 rings (SSSR count). The van der Waals surface area contributed by atoms with Gasteiger partial charge < -0.3 is 10.3 Å². The number of nitrogens with two attached hydrogens (primary N) is 1. The van der Waals surface area contributed by atoms with Crippen LogP contribution in [0, 0.1) is 5.92 Å². The lowest BCUT2D eigenvalue weighted by Crippen LogP contribution is -2.28. The second-order valence-corrected chi connectivity index (χ2v) is 4.63. The minimum atomic E-state index is 0.321. The van der Waals surface area contributed by atoms with Crippen LogP contribution < -0.4 is 5.73 Å². The second kappa shape index (κ2) is 3.73. The summed E-state index contributed by atoms with van der Waals surface area (Å²) >= 11 is 0. The largest absolute Gasteiger partial charge is 0.333 e. The Balaban J connectivity index is 2.03. The van der Waals surface area contributed by atoms with E-state index in [0.29, 0.717) is 12.0 Å². The van der Waals surface area contributed by atoms with Gasteiger partial charge >= 0.3 is 0 Å². The van der Waals surface area contributed by atoms with Crippen molar-refractivity contribution in [2.75, 3.05) is 0 Å². The highest BCUT2D eigenvalue weighted by atomic mass is 15.1. The van der Waals surface area contributed by atoms with E-state index in [1.54, 1.807) is 0 Å². The lowest BCUT2D eigenvalue weighted by molar-refractivity contribution is 0.487. The maximum absolute atomic E-state index is 6.09. The molecule has 0 aromatic carbocycles. The Bertz CT molecular complexity index is 299. The topological polar surface area (TPSA) is 43.8 Å². The van der Waals surface area contributed by atoms with Gasteiger partial charge in [-0.05, 0) is 24.7 Å². The average molecular weight is 193 g/mol. The summed E-state index contributed by atoms with van der Waals surface area (Å²) in [6.45, 7) is 5.31. The summed E-state index contributed by atoms with van der Waals surface area (Å²) in [5.41, 5.74) is 7.38. The molecule has 0 bridgehead atoms. The third-order valence-corrected chi connectivity index (χ3v) is 2.97. The predicted octanol–water partition coefficient (Wildman–Crippen LogP) is 1.74. The second-order valence-electron chi connectivity index (χ2n) is 4.63. The summed E-state index contributed by atoms with van der Waals surface area (Å²) in [7, 11) is 0. The third kappa shape index (κ3) is 1.98. The van der Waals surface area contributed by atoms with E-state index in [4.69, 9.17) is 5.73 Å². The monoisotopic (exact) mass is 193 g/mol. The van der Waals surface area contributed by atoms with Crippen LogP contribution in [0.5, 0.6) is 0 Å². The smallest absolute Gasteiger partial charge is 0.0948 e. The summed E-state index contributed by atoms with van der Waals surface area (Å²) in [6.07, 6.45) is 6.47. The molecule has 3 nitrogen and oxygen atoms in total. The molecular formula is C11H19N3. The maximum atomic E-state index is 6.09. The average Bonchev–Trinajstić information content (AvgIpc) is 2.87. The van der Waals surface area contributed by atoms with Crippen LogP contribution in [0.4, 0.5) is 0 Å². The van der Waals surface area contributed by atoms with Gasteiger partial charge in [0.15, 0.2) is 0 Å². The molecule has 0 radical (unpaired) electrons. The Morgan fingerprint density at radius 1 is 1.57 bits per heavy atom. The van der Waals surface area contributed by atoms with Gasteiger partial charge in [0.05, 0.1) is 6.33 Å². The van der Waals surface area contributed by atoms with Gasteiger partial charge in [-0.1, -0.05) is 13.8 Å². The molecule has 1 atom stereocenters. The van der Waals surface area contributed by atoms with Crippen LogP contribution in [0.1, 0.15) is 38.3 Å². The van der Waals surface area contributed by atoms with Gasteiger partial charge in [-0.25, -0.2) is 4.98 Å². The molecule has 0 amide bonds. The normalized spacial score (nSPS) is 18.9. The summed E-state index contributed by atoms with van der Waals surface area (Å²) in [6, 6.07) is 0.321. The SMILES string of the molecule is CC(C)c1cncn1CC(N)C1CC1. The number of aromatic nitrogens is 2. The van der Waals surface area contributed by atoms with Gasteiger partial charge in [0, 0.05) is 24.5 Å². The highest BCUT2D eigenvalue weighted by Gasteiger charge is 2.28. The first kappa shape index (κ1) is 9.71. The molecule has 1 aliphatic rings. The molecule has 0 aliphatic heterocycles. The molecule has 1 aliphatic carbocycles. The van der Waals surface area contributed by atoms with Crippen LogP contribution in [0.15, 0.2) is 12.5 Å². The molecule has 1 aromatic rings. The van der Waals surface area contributed by atoms with Crippen molar-refractivity contribution in [3.8, 4) is 0 Å². The summed E-state index contributed by atoms with van der Waals surface area (Å²) in [4.78, 5) is 4.18. The molecule has 0 saturated heterocycles. The van der Waals surface area contributed by atoms with Crippen LogP contribution in [-0.2, 0) is 6.54 Å². The Hall–Kier alpha value is -0.830. The molecule has 2 N–H and O–H groups in total. The van der Waals surface area contributed by atoms with Crippen molar-refractivity contribution < 1.29 is 0 Å². The van der Waals surface area contributed by atoms with E-state index in [2.05, 4.69) is 23.4 Å². The zero-order valence-corrected chi connectivity index (χ0v) is 8.98. The van der Waals surface area contributed by atoms with E-state index < -0.39 is 0 Å². The Morgan fingerprint density at radius 2 is 2.29 bits per heavy atom. The van der Waals surface area contributed by atoms with Gasteiger partial charge in [-0.3, -0.25) is 0 Å². The van der Waals surface area contributed by atoms with E-state index >= 15 is 0 Å². The number of hydrogen-bond donors (Lipinski definition) is 1. The minimum Gasteiger partial charge on any atom is -0.333 e. The molecular weight excluding hydrogens is 174 g/mol. The lowest BCUT2D eigenvalue weighted by Gasteiger charge is -2.15. The summed E-state index contributed by atoms with van der Waals surface area (Å²) in [5, 5.41) is 0. The van der Waals surface area contributed by atoms with Crippen LogP contribution >= 0.6 is 0 Å². The standard InChI is InChI=1S/C11H19N3/c1-8(2)11-5-13-7-14(11)6-10(12)9-3-4-9/h5,7-10H,3-4,6,12H2,1-2H3. The molecule has 1 unspecified atom stereocenters. The van der Waals surface area contributed by atoms with Crippen molar-refractivity contribution in [2.24, 2.45) is 11.7 Å². The number of hydrogen-bond acceptors (Lipinski definition) is 2. The van der Waals surface area contributed by atoms with Crippen LogP contribution in [0.25, 0.3) is 0 Å². The Morgan fingerprint density at radius 3 is 2.86 bits per heavy atom. The van der Waals surface area contributed by atoms with E-state index in [1.807, 2.05) is 12.5 Å². The molecule has 14 heavy (non-hydrogen) atoms. The summed E-state index contributed by atoms with van der Waals surface area (Å²) in [5.74, 6) is 1.29. The molecule has 0 spiro atoms. The Kier molecular flexibility index (Phi) is 2.59. The first-order valence-corrected chi connectivity index (χ1v) is 5.44. The highest BCUT2D eigenvalue weighted by Crippen LogP contribution is 2.32. The number of rotatable bonds is 4. The van der Waals surface area contributed by atoms with E-state index in [9.17, 15) is 0 Å². The molecule has 1 aromatic heterocycles. The fraction of sp³-hybridized carbons (Fsp3) is 0.727. The van der Waals surface area contributed by atoms with Gasteiger partial charge in [-0.2, -0.15) is 0 Å². The van der Waals surface area contributed by atoms with E-state index in [-0.39, 0.29) is 0 Å². The zero-order chi connectivity index (χ0) is 10.1. The van der Waals surface area contributed by atoms with Gasteiger partial charge in [-0.15, -0.1) is 0 Å². The quantitative estimate of drug-likeness (QED) is 0.791. The molecule has 1 heterocycles. The van der Waals surface area contributed by atoms with Crippen molar-refractivity contribution in [1.82, 2.24) is 9.55 Å².